The first-order chi connectivity index (χ1) is 16.9. The number of nitrogens with zero attached hydrogens (tertiary/aromatic N) is 3. The van der Waals surface area contributed by atoms with Crippen LogP contribution in [0.5, 0.6) is 5.75 Å². The van der Waals surface area contributed by atoms with Crippen molar-refractivity contribution in [1.29, 1.82) is 0 Å². The predicted molar refractivity (Wildman–Crippen MR) is 137 cm³/mol. The lowest BCUT2D eigenvalue weighted by molar-refractivity contribution is -0.133. The molecule has 0 bridgehead atoms. The normalized spacial score (nSPS) is 25.5. The molecule has 3 heterocycles. The van der Waals surface area contributed by atoms with Gasteiger partial charge in [-0.2, -0.15) is 0 Å². The molecule has 0 radical (unpaired) electrons. The van der Waals surface area contributed by atoms with Gasteiger partial charge in [0.1, 0.15) is 11.3 Å². The number of aromatic nitrogens is 1. The van der Waals surface area contributed by atoms with Gasteiger partial charge in [-0.3, -0.25) is 9.69 Å². The lowest BCUT2D eigenvalue weighted by Crippen LogP contribution is -2.54. The maximum atomic E-state index is 13.9. The number of likely N-dealkylation sites (N-methyl/N-ethyl adjacent to an activating group) is 1. The van der Waals surface area contributed by atoms with Crippen LogP contribution < -0.4 is 4.74 Å². The monoisotopic (exact) mass is 474 g/mol. The SMILES string of the molecule is C=CCN(C)CCN1C(=O)N2[C@H](C3C=CC=CC3)c3[nH]c4ccc(OCC)cc4c3C[C@@]2(C)C1=O. The molecule has 2 aliphatic heterocycles. The van der Waals surface area contributed by atoms with Gasteiger partial charge in [-0.05, 0) is 51.1 Å². The molecule has 5 rings (SSSR count). The fourth-order valence-electron chi connectivity index (χ4n) is 5.85. The molecule has 0 spiro atoms. The van der Waals surface area contributed by atoms with E-state index in [9.17, 15) is 9.59 Å². The Balaban J connectivity index is 1.59. The van der Waals surface area contributed by atoms with Gasteiger partial charge in [0.05, 0.1) is 12.6 Å². The highest BCUT2D eigenvalue weighted by Gasteiger charge is 2.60. The van der Waals surface area contributed by atoms with Crippen molar-refractivity contribution in [3.05, 3.63) is 66.4 Å². The first-order valence-electron chi connectivity index (χ1n) is 12.4. The predicted octanol–water partition coefficient (Wildman–Crippen LogP) is 4.44. The van der Waals surface area contributed by atoms with Crippen molar-refractivity contribution in [2.24, 2.45) is 5.92 Å². The van der Waals surface area contributed by atoms with E-state index in [1.165, 1.54) is 4.90 Å². The first-order valence-corrected chi connectivity index (χ1v) is 12.4. The number of imide groups is 1. The van der Waals surface area contributed by atoms with Crippen molar-refractivity contribution >= 4 is 22.8 Å². The molecule has 1 saturated heterocycles. The second-order valence-corrected chi connectivity index (χ2v) is 9.93. The van der Waals surface area contributed by atoms with Gasteiger partial charge in [0.15, 0.2) is 0 Å². The molecule has 7 heteroatoms. The van der Waals surface area contributed by atoms with Crippen LogP contribution in [0.4, 0.5) is 4.79 Å². The van der Waals surface area contributed by atoms with E-state index in [0.717, 1.165) is 34.3 Å². The van der Waals surface area contributed by atoms with Crippen LogP contribution >= 0.6 is 0 Å². The summed E-state index contributed by atoms with van der Waals surface area (Å²) in [4.78, 5) is 36.7. The van der Waals surface area contributed by atoms with Crippen LogP contribution in [0, 0.1) is 5.92 Å². The fourth-order valence-corrected chi connectivity index (χ4v) is 5.85. The molecular formula is C28H34N4O3. The van der Waals surface area contributed by atoms with Crippen molar-refractivity contribution < 1.29 is 14.3 Å². The first kappa shape index (κ1) is 23.4. The molecule has 1 unspecified atom stereocenters. The Hall–Kier alpha value is -3.32. The number of allylic oxidation sites excluding steroid dienone is 3. The third-order valence-electron chi connectivity index (χ3n) is 7.56. The molecular weight excluding hydrogens is 440 g/mol. The molecule has 2 aromatic rings. The lowest BCUT2D eigenvalue weighted by Gasteiger charge is -2.45. The van der Waals surface area contributed by atoms with Crippen LogP contribution in [0.3, 0.4) is 0 Å². The van der Waals surface area contributed by atoms with E-state index in [2.05, 4.69) is 34.7 Å². The van der Waals surface area contributed by atoms with E-state index in [-0.39, 0.29) is 23.9 Å². The van der Waals surface area contributed by atoms with E-state index >= 15 is 0 Å². The summed E-state index contributed by atoms with van der Waals surface area (Å²) in [6.45, 7) is 9.96. The zero-order chi connectivity index (χ0) is 24.7. The summed E-state index contributed by atoms with van der Waals surface area (Å²) in [6, 6.07) is 5.61. The minimum absolute atomic E-state index is 0.0814. The van der Waals surface area contributed by atoms with Gasteiger partial charge in [-0.25, -0.2) is 4.79 Å². The summed E-state index contributed by atoms with van der Waals surface area (Å²) in [5.41, 5.74) is 2.21. The number of amides is 3. The van der Waals surface area contributed by atoms with E-state index in [1.807, 2.05) is 56.2 Å². The Bertz CT molecular complexity index is 1230. The molecule has 1 fully saturated rings. The van der Waals surface area contributed by atoms with Gasteiger partial charge in [0, 0.05) is 48.6 Å². The van der Waals surface area contributed by atoms with Crippen molar-refractivity contribution in [1.82, 2.24) is 19.7 Å². The van der Waals surface area contributed by atoms with Gasteiger partial charge in [-0.15, -0.1) is 6.58 Å². The number of hydrogen-bond donors (Lipinski definition) is 1. The highest BCUT2D eigenvalue weighted by molar-refractivity contribution is 6.08. The molecule has 35 heavy (non-hydrogen) atoms. The summed E-state index contributed by atoms with van der Waals surface area (Å²) < 4.78 is 5.77. The van der Waals surface area contributed by atoms with E-state index in [4.69, 9.17) is 4.74 Å². The maximum Gasteiger partial charge on any atom is 0.328 e. The van der Waals surface area contributed by atoms with E-state index in [1.54, 1.807) is 0 Å². The number of urea groups is 1. The molecule has 1 N–H and O–H groups in total. The molecule has 1 aliphatic carbocycles. The summed E-state index contributed by atoms with van der Waals surface area (Å²) in [5.74, 6) is 0.779. The molecule has 184 valence electrons. The number of rotatable bonds is 8. The Morgan fingerprint density at radius 1 is 1.31 bits per heavy atom. The number of carbonyl (C=O) groups is 2. The number of fused-ring (bicyclic) bond motifs is 4. The minimum atomic E-state index is -0.933. The Morgan fingerprint density at radius 2 is 2.14 bits per heavy atom. The molecule has 7 nitrogen and oxygen atoms in total. The van der Waals surface area contributed by atoms with Crippen molar-refractivity contribution in [2.45, 2.75) is 38.3 Å². The number of hydrogen-bond acceptors (Lipinski definition) is 4. The fraction of sp³-hybridized carbons (Fsp3) is 0.429. The van der Waals surface area contributed by atoms with Gasteiger partial charge in [-0.1, -0.05) is 30.4 Å². The smallest absolute Gasteiger partial charge is 0.328 e. The summed E-state index contributed by atoms with van der Waals surface area (Å²) >= 11 is 0. The molecule has 3 atom stereocenters. The second kappa shape index (κ2) is 9.04. The molecule has 1 aromatic carbocycles. The average molecular weight is 475 g/mol. The van der Waals surface area contributed by atoms with Crippen molar-refractivity contribution in [3.8, 4) is 5.75 Å². The van der Waals surface area contributed by atoms with Crippen molar-refractivity contribution in [2.75, 3.05) is 33.3 Å². The minimum Gasteiger partial charge on any atom is -0.494 e. The largest absolute Gasteiger partial charge is 0.494 e. The Kier molecular flexibility index (Phi) is 6.05. The maximum absolute atomic E-state index is 13.9. The standard InChI is InChI=1S/C28H34N4O3/c1-5-14-30(4)15-16-31-26(33)28(3)18-22-21-17-20(35-6-2)12-13-23(21)29-24(22)25(32(28)27(31)34)19-10-8-7-9-11-19/h5,7-10,12-13,17,19,25,29H,1,6,11,14-16,18H2,2-4H3/t19?,25-,28+/m1/s1. The highest BCUT2D eigenvalue weighted by Crippen LogP contribution is 2.50. The number of benzene rings is 1. The number of H-pyrrole nitrogens is 1. The van der Waals surface area contributed by atoms with Crippen LogP contribution in [0.2, 0.25) is 0 Å². The summed E-state index contributed by atoms with van der Waals surface area (Å²) in [7, 11) is 1.97. The quantitative estimate of drug-likeness (QED) is 0.454. The Morgan fingerprint density at radius 3 is 2.86 bits per heavy atom. The van der Waals surface area contributed by atoms with Gasteiger partial charge in [0.25, 0.3) is 5.91 Å². The number of nitrogens with one attached hydrogen (secondary N) is 1. The van der Waals surface area contributed by atoms with Crippen LogP contribution in [0.25, 0.3) is 10.9 Å². The average Bonchev–Trinajstić information content (AvgIpc) is 3.29. The van der Waals surface area contributed by atoms with Crippen LogP contribution in [-0.4, -0.2) is 70.4 Å². The zero-order valence-corrected chi connectivity index (χ0v) is 20.8. The molecule has 3 amide bonds. The van der Waals surface area contributed by atoms with Crippen molar-refractivity contribution in [3.63, 3.8) is 0 Å². The van der Waals surface area contributed by atoms with Crippen LogP contribution in [0.1, 0.15) is 37.6 Å². The lowest BCUT2D eigenvalue weighted by atomic mass is 9.78. The molecule has 0 saturated carbocycles. The van der Waals surface area contributed by atoms with E-state index < -0.39 is 5.54 Å². The Labute approximate surface area is 206 Å². The topological polar surface area (TPSA) is 68.9 Å². The molecule has 3 aliphatic rings. The third kappa shape index (κ3) is 3.78. The summed E-state index contributed by atoms with van der Waals surface area (Å²) in [5, 5.41) is 1.07. The highest BCUT2D eigenvalue weighted by atomic mass is 16.5. The third-order valence-corrected chi connectivity index (χ3v) is 7.56. The second-order valence-electron chi connectivity index (χ2n) is 9.93. The van der Waals surface area contributed by atoms with Gasteiger partial charge in [0.2, 0.25) is 0 Å². The molecule has 1 aromatic heterocycles. The summed E-state index contributed by atoms with van der Waals surface area (Å²) in [6.07, 6.45) is 11.5. The van der Waals surface area contributed by atoms with Crippen LogP contribution in [0.15, 0.2) is 55.2 Å². The van der Waals surface area contributed by atoms with E-state index in [0.29, 0.717) is 32.7 Å². The zero-order valence-electron chi connectivity index (χ0n) is 20.8. The number of aromatic amines is 1. The van der Waals surface area contributed by atoms with Gasteiger partial charge >= 0.3 is 6.03 Å². The number of ether oxygens (including phenoxy) is 1. The van der Waals surface area contributed by atoms with Crippen LogP contribution in [-0.2, 0) is 11.2 Å². The van der Waals surface area contributed by atoms with Gasteiger partial charge < -0.3 is 19.5 Å². The number of carbonyl (C=O) groups excluding carboxylic acids is 2.